The molecule has 0 aliphatic carbocycles. The molecule has 0 heterocycles. The second-order valence-corrected chi connectivity index (χ2v) is 7.17. The van der Waals surface area contributed by atoms with Crippen molar-refractivity contribution in [3.63, 3.8) is 0 Å². The first kappa shape index (κ1) is 27.6. The van der Waals surface area contributed by atoms with Gasteiger partial charge in [-0.3, -0.25) is 10.6 Å². The van der Waals surface area contributed by atoms with Crippen LogP contribution in [0.5, 0.6) is 0 Å². The third-order valence-corrected chi connectivity index (χ3v) is 4.57. The molecule has 0 aliphatic heterocycles. The minimum atomic E-state index is -0.830. The van der Waals surface area contributed by atoms with E-state index in [-0.39, 0.29) is 37.4 Å². The Morgan fingerprint density at radius 3 is 1.33 bits per heavy atom. The third kappa shape index (κ3) is 10.1. The second-order valence-electron chi connectivity index (χ2n) is 7.17. The smallest absolute Gasteiger partial charge is 0.412 e. The number of rotatable bonds is 11. The SMILES string of the molecule is COC(=O)C(=CCCC=C(NC(=O)OCc1ccccc1)C(=O)OC)NC(=O)OCc1ccccc1. The number of allylic oxidation sites excluding steroid dienone is 2. The van der Waals surface area contributed by atoms with E-state index >= 15 is 0 Å². The number of alkyl carbamates (subject to hydrolysis) is 2. The van der Waals surface area contributed by atoms with Gasteiger partial charge in [0.1, 0.15) is 24.6 Å². The highest BCUT2D eigenvalue weighted by Gasteiger charge is 2.16. The lowest BCUT2D eigenvalue weighted by Crippen LogP contribution is -2.29. The molecule has 0 spiro atoms. The fraction of sp³-hybridized carbons (Fsp3) is 0.231. The average Bonchev–Trinajstić information content (AvgIpc) is 2.91. The van der Waals surface area contributed by atoms with Crippen LogP contribution in [0.4, 0.5) is 9.59 Å². The number of unbranched alkanes of at least 4 members (excludes halogenated alkanes) is 1. The Bertz CT molecular complexity index is 994. The topological polar surface area (TPSA) is 129 Å². The van der Waals surface area contributed by atoms with Gasteiger partial charge in [0.05, 0.1) is 14.2 Å². The molecule has 10 nitrogen and oxygen atoms in total. The first-order valence-electron chi connectivity index (χ1n) is 10.9. The van der Waals surface area contributed by atoms with Gasteiger partial charge in [-0.15, -0.1) is 0 Å². The van der Waals surface area contributed by atoms with Crippen molar-refractivity contribution in [1.29, 1.82) is 0 Å². The quantitative estimate of drug-likeness (QED) is 0.208. The lowest BCUT2D eigenvalue weighted by atomic mass is 10.2. The van der Waals surface area contributed by atoms with Crippen molar-refractivity contribution in [2.24, 2.45) is 0 Å². The molecule has 0 unspecified atom stereocenters. The number of carbonyl (C=O) groups is 4. The highest BCUT2D eigenvalue weighted by molar-refractivity contribution is 5.92. The molecule has 0 bridgehead atoms. The minimum absolute atomic E-state index is 0.0262. The maximum absolute atomic E-state index is 12.1. The molecule has 0 aliphatic rings. The van der Waals surface area contributed by atoms with Crippen molar-refractivity contribution >= 4 is 24.1 Å². The molecule has 2 rings (SSSR count). The largest absolute Gasteiger partial charge is 0.464 e. The molecule has 0 saturated carbocycles. The third-order valence-electron chi connectivity index (χ3n) is 4.57. The number of ether oxygens (including phenoxy) is 4. The Morgan fingerprint density at radius 2 is 1.00 bits per heavy atom. The zero-order valence-electron chi connectivity index (χ0n) is 20.0. The summed E-state index contributed by atoms with van der Waals surface area (Å²) < 4.78 is 19.6. The van der Waals surface area contributed by atoms with Gasteiger partial charge in [-0.05, 0) is 24.0 Å². The average molecular weight is 497 g/mol. The van der Waals surface area contributed by atoms with E-state index < -0.39 is 24.1 Å². The fourth-order valence-electron chi connectivity index (χ4n) is 2.78. The number of carbonyl (C=O) groups excluding carboxylic acids is 4. The van der Waals surface area contributed by atoms with Crippen LogP contribution in [-0.4, -0.2) is 38.3 Å². The van der Waals surface area contributed by atoms with Crippen molar-refractivity contribution in [3.8, 4) is 0 Å². The summed E-state index contributed by atoms with van der Waals surface area (Å²) >= 11 is 0. The van der Waals surface area contributed by atoms with Crippen LogP contribution in [0.15, 0.2) is 84.2 Å². The van der Waals surface area contributed by atoms with Gasteiger partial charge in [0, 0.05) is 0 Å². The normalized spacial score (nSPS) is 11.2. The number of nitrogens with one attached hydrogen (secondary N) is 2. The summed E-state index contributed by atoms with van der Waals surface area (Å²) in [6, 6.07) is 18.1. The molecular formula is C26H28N2O8. The number of methoxy groups -OCH3 is 2. The standard InChI is InChI=1S/C26H28N2O8/c1-33-23(29)21(27-25(31)35-17-19-11-5-3-6-12-19)15-9-10-16-22(24(30)34-2)28-26(32)36-18-20-13-7-4-8-14-20/h3-8,11-16H,9-10,17-18H2,1-2H3,(H,27,31)(H,28,32). The maximum Gasteiger partial charge on any atom is 0.412 e. The van der Waals surface area contributed by atoms with Gasteiger partial charge in [-0.25, -0.2) is 19.2 Å². The van der Waals surface area contributed by atoms with Crippen LogP contribution >= 0.6 is 0 Å². The molecule has 2 N–H and O–H groups in total. The van der Waals surface area contributed by atoms with Crippen LogP contribution in [0.1, 0.15) is 24.0 Å². The number of hydrogen-bond acceptors (Lipinski definition) is 8. The summed E-state index contributed by atoms with van der Waals surface area (Å²) in [5.74, 6) is -1.54. The fourth-order valence-corrected chi connectivity index (χ4v) is 2.78. The van der Waals surface area contributed by atoms with Gasteiger partial charge in [-0.1, -0.05) is 72.8 Å². The molecule has 2 aromatic rings. The van der Waals surface area contributed by atoms with Crippen molar-refractivity contribution < 1.29 is 38.1 Å². The van der Waals surface area contributed by atoms with E-state index in [1.165, 1.54) is 26.4 Å². The highest BCUT2D eigenvalue weighted by atomic mass is 16.6. The van der Waals surface area contributed by atoms with Crippen LogP contribution in [0.25, 0.3) is 0 Å². The first-order chi connectivity index (χ1) is 17.4. The van der Waals surface area contributed by atoms with E-state index in [0.29, 0.717) is 0 Å². The minimum Gasteiger partial charge on any atom is -0.464 e. The van der Waals surface area contributed by atoms with Crippen LogP contribution in [0.3, 0.4) is 0 Å². The summed E-state index contributed by atoms with van der Waals surface area (Å²) in [7, 11) is 2.35. The van der Waals surface area contributed by atoms with Crippen molar-refractivity contribution in [1.82, 2.24) is 10.6 Å². The highest BCUT2D eigenvalue weighted by Crippen LogP contribution is 2.06. The van der Waals surface area contributed by atoms with Crippen LogP contribution in [0, 0.1) is 0 Å². The van der Waals surface area contributed by atoms with Crippen molar-refractivity contribution in [2.45, 2.75) is 26.1 Å². The first-order valence-corrected chi connectivity index (χ1v) is 10.9. The number of esters is 2. The number of amides is 2. The summed E-state index contributed by atoms with van der Waals surface area (Å²) in [5, 5.41) is 4.70. The molecular weight excluding hydrogens is 468 g/mol. The Kier molecular flexibility index (Phi) is 11.8. The van der Waals surface area contributed by atoms with Crippen molar-refractivity contribution in [2.75, 3.05) is 14.2 Å². The van der Waals surface area contributed by atoms with Gasteiger partial charge in [0.2, 0.25) is 0 Å². The molecule has 0 aromatic heterocycles. The number of hydrogen-bond donors (Lipinski definition) is 2. The Labute approximate surface area is 208 Å². The predicted octanol–water partition coefficient (Wildman–Crippen LogP) is 3.73. The number of benzene rings is 2. The molecule has 10 heteroatoms. The summed E-state index contributed by atoms with van der Waals surface area (Å²) in [4.78, 5) is 48.2. The summed E-state index contributed by atoms with van der Waals surface area (Å²) in [6.45, 7) is 0.0524. The van der Waals surface area contributed by atoms with Crippen LogP contribution < -0.4 is 10.6 Å². The molecule has 0 atom stereocenters. The van der Waals surface area contributed by atoms with Crippen LogP contribution in [0.2, 0.25) is 0 Å². The van der Waals surface area contributed by atoms with Gasteiger partial charge < -0.3 is 18.9 Å². The Morgan fingerprint density at radius 1 is 0.639 bits per heavy atom. The van der Waals surface area contributed by atoms with Gasteiger partial charge in [-0.2, -0.15) is 0 Å². The van der Waals surface area contributed by atoms with Crippen molar-refractivity contribution in [3.05, 3.63) is 95.3 Å². The second kappa shape index (κ2) is 15.3. The molecule has 0 radical (unpaired) electrons. The van der Waals surface area contributed by atoms with Gasteiger partial charge >= 0.3 is 24.1 Å². The molecule has 190 valence electrons. The molecule has 0 saturated heterocycles. The van der Waals surface area contributed by atoms with Gasteiger partial charge in [0.25, 0.3) is 0 Å². The van der Waals surface area contributed by atoms with E-state index in [0.717, 1.165) is 11.1 Å². The molecule has 2 amide bonds. The van der Waals surface area contributed by atoms with E-state index in [1.54, 1.807) is 24.3 Å². The lowest BCUT2D eigenvalue weighted by molar-refractivity contribution is -0.137. The zero-order valence-corrected chi connectivity index (χ0v) is 20.0. The summed E-state index contributed by atoms with van der Waals surface area (Å²) in [6.07, 6.45) is 1.59. The molecule has 0 fully saturated rings. The maximum atomic E-state index is 12.1. The zero-order chi connectivity index (χ0) is 26.2. The molecule has 36 heavy (non-hydrogen) atoms. The Hall–Kier alpha value is -4.60. The van der Waals surface area contributed by atoms with Crippen LogP contribution in [-0.2, 0) is 41.8 Å². The molecule has 2 aromatic carbocycles. The summed E-state index contributed by atoms with van der Waals surface area (Å²) in [5.41, 5.74) is 1.32. The van der Waals surface area contributed by atoms with E-state index in [4.69, 9.17) is 9.47 Å². The van der Waals surface area contributed by atoms with E-state index in [9.17, 15) is 19.2 Å². The monoisotopic (exact) mass is 496 g/mol. The predicted molar refractivity (Wildman–Crippen MR) is 129 cm³/mol. The lowest BCUT2D eigenvalue weighted by Gasteiger charge is -2.10. The Balaban J connectivity index is 1.92. The van der Waals surface area contributed by atoms with E-state index in [1.807, 2.05) is 36.4 Å². The van der Waals surface area contributed by atoms with E-state index in [2.05, 4.69) is 20.1 Å². The van der Waals surface area contributed by atoms with Gasteiger partial charge in [0.15, 0.2) is 0 Å².